The summed E-state index contributed by atoms with van der Waals surface area (Å²) in [5, 5.41) is 3.41. The van der Waals surface area contributed by atoms with E-state index >= 15 is 0 Å². The van der Waals surface area contributed by atoms with Gasteiger partial charge >= 0.3 is 0 Å². The van der Waals surface area contributed by atoms with Gasteiger partial charge in [0.1, 0.15) is 5.76 Å². The zero-order valence-electron chi connectivity index (χ0n) is 11.3. The lowest BCUT2D eigenvalue weighted by Gasteiger charge is -2.20. The van der Waals surface area contributed by atoms with E-state index in [1.54, 1.807) is 6.26 Å². The SMILES string of the molecule is Cc1occc1-c1ncc(CNC(C)(C)C)cn1. The van der Waals surface area contributed by atoms with Crippen LogP contribution in [0.1, 0.15) is 32.1 Å². The molecular weight excluding hydrogens is 226 g/mol. The Morgan fingerprint density at radius 2 is 1.89 bits per heavy atom. The second kappa shape index (κ2) is 4.90. The van der Waals surface area contributed by atoms with E-state index < -0.39 is 0 Å². The number of furan rings is 1. The van der Waals surface area contributed by atoms with Crippen molar-refractivity contribution in [2.75, 3.05) is 0 Å². The molecule has 0 bridgehead atoms. The number of hydrogen-bond acceptors (Lipinski definition) is 4. The molecule has 0 saturated carbocycles. The third-order valence-corrected chi connectivity index (χ3v) is 2.63. The van der Waals surface area contributed by atoms with Crippen LogP contribution in [0.15, 0.2) is 29.1 Å². The first-order valence-corrected chi connectivity index (χ1v) is 6.06. The first kappa shape index (κ1) is 12.8. The molecular formula is C14H19N3O. The first-order valence-electron chi connectivity index (χ1n) is 6.06. The van der Waals surface area contributed by atoms with Gasteiger partial charge in [0, 0.05) is 30.0 Å². The molecule has 4 heteroatoms. The monoisotopic (exact) mass is 245 g/mol. The number of hydrogen-bond donors (Lipinski definition) is 1. The number of nitrogens with one attached hydrogen (secondary N) is 1. The van der Waals surface area contributed by atoms with Crippen LogP contribution in [-0.4, -0.2) is 15.5 Å². The third-order valence-electron chi connectivity index (χ3n) is 2.63. The summed E-state index contributed by atoms with van der Waals surface area (Å²) in [6.07, 6.45) is 5.37. The molecule has 18 heavy (non-hydrogen) atoms. The summed E-state index contributed by atoms with van der Waals surface area (Å²) in [5.74, 6) is 1.55. The summed E-state index contributed by atoms with van der Waals surface area (Å²) < 4.78 is 5.25. The summed E-state index contributed by atoms with van der Waals surface area (Å²) in [5.41, 5.74) is 2.12. The van der Waals surface area contributed by atoms with Gasteiger partial charge in [-0.15, -0.1) is 0 Å². The van der Waals surface area contributed by atoms with E-state index in [-0.39, 0.29) is 5.54 Å². The van der Waals surface area contributed by atoms with Gasteiger partial charge in [0.05, 0.1) is 11.8 Å². The second-order valence-electron chi connectivity index (χ2n) is 5.41. The van der Waals surface area contributed by atoms with Gasteiger partial charge in [-0.1, -0.05) is 0 Å². The minimum Gasteiger partial charge on any atom is -0.469 e. The van der Waals surface area contributed by atoms with E-state index in [1.165, 1.54) is 0 Å². The maximum absolute atomic E-state index is 5.25. The zero-order valence-corrected chi connectivity index (χ0v) is 11.3. The van der Waals surface area contributed by atoms with E-state index in [9.17, 15) is 0 Å². The van der Waals surface area contributed by atoms with E-state index in [1.807, 2.05) is 25.4 Å². The first-order chi connectivity index (χ1) is 8.46. The molecule has 4 nitrogen and oxygen atoms in total. The van der Waals surface area contributed by atoms with Gasteiger partial charge in [0.2, 0.25) is 0 Å². The maximum Gasteiger partial charge on any atom is 0.162 e. The van der Waals surface area contributed by atoms with Crippen LogP contribution >= 0.6 is 0 Å². The molecule has 0 radical (unpaired) electrons. The molecule has 0 spiro atoms. The molecule has 0 fully saturated rings. The van der Waals surface area contributed by atoms with Crippen molar-refractivity contribution in [1.82, 2.24) is 15.3 Å². The Kier molecular flexibility index (Phi) is 3.48. The Hall–Kier alpha value is -1.68. The summed E-state index contributed by atoms with van der Waals surface area (Å²) in [7, 11) is 0. The highest BCUT2D eigenvalue weighted by Crippen LogP contribution is 2.19. The molecule has 0 aliphatic heterocycles. The predicted molar refractivity (Wildman–Crippen MR) is 71.1 cm³/mol. The fourth-order valence-corrected chi connectivity index (χ4v) is 1.57. The largest absolute Gasteiger partial charge is 0.469 e. The highest BCUT2D eigenvalue weighted by Gasteiger charge is 2.10. The Morgan fingerprint density at radius 1 is 1.22 bits per heavy atom. The van der Waals surface area contributed by atoms with Crippen molar-refractivity contribution in [2.24, 2.45) is 0 Å². The molecule has 2 aromatic heterocycles. The number of aromatic nitrogens is 2. The fraction of sp³-hybridized carbons (Fsp3) is 0.429. The maximum atomic E-state index is 5.25. The molecule has 2 heterocycles. The van der Waals surface area contributed by atoms with Crippen LogP contribution in [0.3, 0.4) is 0 Å². The summed E-state index contributed by atoms with van der Waals surface area (Å²) in [4.78, 5) is 8.74. The average Bonchev–Trinajstić information content (AvgIpc) is 2.73. The van der Waals surface area contributed by atoms with Gasteiger partial charge < -0.3 is 9.73 Å². The lowest BCUT2D eigenvalue weighted by molar-refractivity contribution is 0.423. The minimum absolute atomic E-state index is 0.0970. The quantitative estimate of drug-likeness (QED) is 0.903. The molecule has 0 aliphatic rings. The standard InChI is InChI=1S/C14H19N3O/c1-10-12(5-6-18-10)13-15-7-11(8-16-13)9-17-14(2,3)4/h5-8,17H,9H2,1-4H3. The van der Waals surface area contributed by atoms with Crippen LogP contribution in [0.2, 0.25) is 0 Å². The Balaban J connectivity index is 2.09. The van der Waals surface area contributed by atoms with E-state index in [0.29, 0.717) is 5.82 Å². The highest BCUT2D eigenvalue weighted by molar-refractivity contribution is 5.56. The van der Waals surface area contributed by atoms with Gasteiger partial charge in [-0.05, 0) is 33.8 Å². The van der Waals surface area contributed by atoms with Crippen LogP contribution in [0.25, 0.3) is 11.4 Å². The normalized spacial score (nSPS) is 11.8. The Morgan fingerprint density at radius 3 is 2.39 bits per heavy atom. The molecule has 0 aliphatic carbocycles. The van der Waals surface area contributed by atoms with E-state index in [4.69, 9.17) is 4.42 Å². The summed E-state index contributed by atoms with van der Waals surface area (Å²) >= 11 is 0. The molecule has 0 amide bonds. The lowest BCUT2D eigenvalue weighted by Crippen LogP contribution is -2.35. The van der Waals surface area contributed by atoms with Crippen molar-refractivity contribution < 1.29 is 4.42 Å². The number of rotatable bonds is 3. The van der Waals surface area contributed by atoms with Crippen molar-refractivity contribution in [3.63, 3.8) is 0 Å². The molecule has 0 aromatic carbocycles. The van der Waals surface area contributed by atoms with Crippen molar-refractivity contribution in [2.45, 2.75) is 39.8 Å². The zero-order chi connectivity index (χ0) is 13.2. The van der Waals surface area contributed by atoms with Crippen LogP contribution in [0.5, 0.6) is 0 Å². The predicted octanol–water partition coefficient (Wildman–Crippen LogP) is 2.93. The average molecular weight is 245 g/mol. The van der Waals surface area contributed by atoms with Crippen LogP contribution in [-0.2, 0) is 6.54 Å². The topological polar surface area (TPSA) is 51.0 Å². The highest BCUT2D eigenvalue weighted by atomic mass is 16.3. The van der Waals surface area contributed by atoms with Gasteiger partial charge in [0.25, 0.3) is 0 Å². The van der Waals surface area contributed by atoms with Crippen molar-refractivity contribution in [1.29, 1.82) is 0 Å². The second-order valence-corrected chi connectivity index (χ2v) is 5.41. The molecule has 0 unspecified atom stereocenters. The Labute approximate surface area is 107 Å². The molecule has 2 rings (SSSR count). The number of nitrogens with zero attached hydrogens (tertiary/aromatic N) is 2. The lowest BCUT2D eigenvalue weighted by atomic mass is 10.1. The summed E-state index contributed by atoms with van der Waals surface area (Å²) in [6.45, 7) is 9.09. The van der Waals surface area contributed by atoms with Crippen LogP contribution in [0.4, 0.5) is 0 Å². The van der Waals surface area contributed by atoms with Crippen molar-refractivity contribution in [3.8, 4) is 11.4 Å². The van der Waals surface area contributed by atoms with Crippen LogP contribution < -0.4 is 5.32 Å². The van der Waals surface area contributed by atoms with E-state index in [2.05, 4.69) is 36.1 Å². The Bertz CT molecular complexity index is 509. The molecule has 0 saturated heterocycles. The van der Waals surface area contributed by atoms with E-state index in [0.717, 1.165) is 23.4 Å². The smallest absolute Gasteiger partial charge is 0.162 e. The van der Waals surface area contributed by atoms with Crippen molar-refractivity contribution in [3.05, 3.63) is 36.0 Å². The molecule has 2 aromatic rings. The molecule has 1 N–H and O–H groups in total. The van der Waals surface area contributed by atoms with Gasteiger partial charge in [-0.2, -0.15) is 0 Å². The minimum atomic E-state index is 0.0970. The van der Waals surface area contributed by atoms with Crippen molar-refractivity contribution >= 4 is 0 Å². The molecule has 96 valence electrons. The number of aryl methyl sites for hydroxylation is 1. The fourth-order valence-electron chi connectivity index (χ4n) is 1.57. The molecule has 0 atom stereocenters. The summed E-state index contributed by atoms with van der Waals surface area (Å²) in [6, 6.07) is 1.89. The van der Waals surface area contributed by atoms with Crippen LogP contribution in [0, 0.1) is 6.92 Å². The van der Waals surface area contributed by atoms with Gasteiger partial charge in [-0.3, -0.25) is 0 Å². The van der Waals surface area contributed by atoms with Gasteiger partial charge in [0.15, 0.2) is 5.82 Å². The third kappa shape index (κ3) is 3.17. The van der Waals surface area contributed by atoms with Gasteiger partial charge in [-0.25, -0.2) is 9.97 Å².